The van der Waals surface area contributed by atoms with E-state index in [1.54, 1.807) is 7.11 Å². The van der Waals surface area contributed by atoms with Gasteiger partial charge in [-0.2, -0.15) is 0 Å². The molecule has 2 N–H and O–H groups in total. The number of hydrogen-bond donors (Lipinski definition) is 2. The summed E-state index contributed by atoms with van der Waals surface area (Å²) < 4.78 is 5.62. The van der Waals surface area contributed by atoms with Crippen molar-refractivity contribution in [3.05, 3.63) is 82.8 Å². The van der Waals surface area contributed by atoms with E-state index in [9.17, 15) is 9.59 Å². The summed E-state index contributed by atoms with van der Waals surface area (Å²) in [5, 5.41) is 8.22. The summed E-state index contributed by atoms with van der Waals surface area (Å²) in [7, 11) is 1.60. The number of carbonyl (C=O) groups excluding carboxylic acids is 2. The van der Waals surface area contributed by atoms with Gasteiger partial charge < -0.3 is 15.4 Å². The van der Waals surface area contributed by atoms with Gasteiger partial charge in [-0.05, 0) is 72.6 Å². The molecular formula is C27H30N2O3S. The molecule has 1 aliphatic carbocycles. The SMILES string of the molecule is C=C(NC(=O)CC(=C)c1ccc(-c2cc(C(=O)NC3CC3)ccc2C)cc1OC)S/C=C\C. The molecule has 0 atom stereocenters. The number of aryl methyl sites for hydroxylation is 1. The lowest BCUT2D eigenvalue weighted by molar-refractivity contribution is -0.119. The maximum atomic E-state index is 12.5. The van der Waals surface area contributed by atoms with Gasteiger partial charge in [0, 0.05) is 17.2 Å². The average Bonchev–Trinajstić information content (AvgIpc) is 3.61. The molecule has 3 rings (SSSR count). The maximum Gasteiger partial charge on any atom is 0.251 e. The van der Waals surface area contributed by atoms with Crippen molar-refractivity contribution < 1.29 is 14.3 Å². The first-order valence-corrected chi connectivity index (χ1v) is 11.7. The van der Waals surface area contributed by atoms with E-state index in [0.29, 0.717) is 28.0 Å². The molecule has 0 saturated heterocycles. The van der Waals surface area contributed by atoms with Crippen LogP contribution in [-0.2, 0) is 4.79 Å². The Balaban J connectivity index is 1.78. The average molecular weight is 463 g/mol. The van der Waals surface area contributed by atoms with E-state index in [1.807, 2.05) is 61.7 Å². The van der Waals surface area contributed by atoms with Crippen LogP contribution in [0.4, 0.5) is 0 Å². The molecule has 33 heavy (non-hydrogen) atoms. The molecular weight excluding hydrogens is 432 g/mol. The predicted octanol–water partition coefficient (Wildman–Crippen LogP) is 5.82. The van der Waals surface area contributed by atoms with Crippen LogP contribution in [0, 0.1) is 6.92 Å². The first-order valence-electron chi connectivity index (χ1n) is 10.9. The lowest BCUT2D eigenvalue weighted by Crippen LogP contribution is -2.25. The second-order valence-corrected chi connectivity index (χ2v) is 9.03. The molecule has 6 heteroatoms. The Morgan fingerprint density at radius 2 is 1.94 bits per heavy atom. The van der Waals surface area contributed by atoms with E-state index in [0.717, 1.165) is 35.1 Å². The summed E-state index contributed by atoms with van der Waals surface area (Å²) in [4.78, 5) is 24.9. The van der Waals surface area contributed by atoms with Gasteiger partial charge in [-0.25, -0.2) is 0 Å². The van der Waals surface area contributed by atoms with Crippen LogP contribution < -0.4 is 15.4 Å². The summed E-state index contributed by atoms with van der Waals surface area (Å²) in [6, 6.07) is 11.8. The molecule has 0 aromatic heterocycles. The molecule has 0 unspecified atom stereocenters. The van der Waals surface area contributed by atoms with Crippen molar-refractivity contribution in [2.45, 2.75) is 39.2 Å². The zero-order chi connectivity index (χ0) is 24.0. The van der Waals surface area contributed by atoms with Gasteiger partial charge in [0.05, 0.1) is 18.6 Å². The minimum Gasteiger partial charge on any atom is -0.496 e. The topological polar surface area (TPSA) is 67.4 Å². The van der Waals surface area contributed by atoms with E-state index in [2.05, 4.69) is 23.8 Å². The van der Waals surface area contributed by atoms with E-state index in [-0.39, 0.29) is 18.2 Å². The number of hydrogen-bond acceptors (Lipinski definition) is 4. The highest BCUT2D eigenvalue weighted by Gasteiger charge is 2.24. The zero-order valence-electron chi connectivity index (χ0n) is 19.4. The van der Waals surface area contributed by atoms with Crippen molar-refractivity contribution in [1.82, 2.24) is 10.6 Å². The number of benzene rings is 2. The molecule has 0 radical (unpaired) electrons. The number of nitrogens with one attached hydrogen (secondary N) is 2. The number of allylic oxidation sites excluding steroid dienone is 1. The molecule has 5 nitrogen and oxygen atoms in total. The Labute approximate surface area is 200 Å². The third-order valence-electron chi connectivity index (χ3n) is 5.30. The van der Waals surface area contributed by atoms with Gasteiger partial charge in [-0.15, -0.1) is 0 Å². The van der Waals surface area contributed by atoms with Crippen LogP contribution in [0.5, 0.6) is 5.75 Å². The summed E-state index contributed by atoms with van der Waals surface area (Å²) in [6.07, 6.45) is 4.10. The Morgan fingerprint density at radius 1 is 1.18 bits per heavy atom. The minimum absolute atomic E-state index is 0.0455. The molecule has 2 aromatic carbocycles. The lowest BCUT2D eigenvalue weighted by Gasteiger charge is -2.15. The van der Waals surface area contributed by atoms with Gasteiger partial charge in [-0.1, -0.05) is 49.2 Å². The van der Waals surface area contributed by atoms with Gasteiger partial charge in [-0.3, -0.25) is 9.59 Å². The van der Waals surface area contributed by atoms with Crippen LogP contribution in [0.25, 0.3) is 16.7 Å². The summed E-state index contributed by atoms with van der Waals surface area (Å²) in [5.41, 5.74) is 5.01. The van der Waals surface area contributed by atoms with Crippen LogP contribution in [0.15, 0.2) is 66.1 Å². The Hall–Kier alpha value is -3.25. The Kier molecular flexibility index (Phi) is 8.17. The Bertz CT molecular complexity index is 1120. The highest BCUT2D eigenvalue weighted by atomic mass is 32.2. The highest BCUT2D eigenvalue weighted by molar-refractivity contribution is 8.05. The summed E-state index contributed by atoms with van der Waals surface area (Å²) in [6.45, 7) is 11.8. The van der Waals surface area contributed by atoms with Crippen LogP contribution in [0.2, 0.25) is 0 Å². The third-order valence-corrected chi connectivity index (χ3v) is 6.10. The molecule has 1 aliphatic rings. The molecule has 1 saturated carbocycles. The lowest BCUT2D eigenvalue weighted by atomic mass is 9.94. The van der Waals surface area contributed by atoms with E-state index >= 15 is 0 Å². The highest BCUT2D eigenvalue weighted by Crippen LogP contribution is 2.34. The van der Waals surface area contributed by atoms with Crippen molar-refractivity contribution in [2.24, 2.45) is 0 Å². The van der Waals surface area contributed by atoms with Gasteiger partial charge >= 0.3 is 0 Å². The van der Waals surface area contributed by atoms with Crippen molar-refractivity contribution in [2.75, 3.05) is 7.11 Å². The second kappa shape index (κ2) is 11.1. The number of ether oxygens (including phenoxy) is 1. The molecule has 2 aromatic rings. The zero-order valence-corrected chi connectivity index (χ0v) is 20.2. The van der Waals surface area contributed by atoms with Crippen molar-refractivity contribution in [3.8, 4) is 16.9 Å². The minimum atomic E-state index is -0.182. The summed E-state index contributed by atoms with van der Waals surface area (Å²) in [5.74, 6) is 0.397. The first-order chi connectivity index (χ1) is 15.8. The smallest absolute Gasteiger partial charge is 0.251 e. The largest absolute Gasteiger partial charge is 0.496 e. The van der Waals surface area contributed by atoms with Crippen LogP contribution in [0.3, 0.4) is 0 Å². The first kappa shape index (κ1) is 24.4. The van der Waals surface area contributed by atoms with E-state index in [4.69, 9.17) is 4.74 Å². The van der Waals surface area contributed by atoms with Crippen LogP contribution in [0.1, 0.15) is 47.7 Å². The molecule has 0 aliphatic heterocycles. The monoisotopic (exact) mass is 462 g/mol. The quantitative estimate of drug-likeness (QED) is 0.467. The fourth-order valence-electron chi connectivity index (χ4n) is 3.39. The standard InChI is InChI=1S/C27H30N2O3S/c1-6-13-33-19(4)28-26(30)14-18(3)23-12-9-20(16-25(23)32-5)24-15-21(8-7-17(24)2)27(31)29-22-10-11-22/h6-9,12-13,15-16,22H,3-4,10-11,14H2,1-2,5H3,(H,28,30)(H,29,31)/b13-6-. The molecule has 1 fully saturated rings. The summed E-state index contributed by atoms with van der Waals surface area (Å²) >= 11 is 1.36. The van der Waals surface area contributed by atoms with Crippen molar-refractivity contribution >= 4 is 29.1 Å². The fraction of sp³-hybridized carbons (Fsp3) is 0.259. The molecule has 0 spiro atoms. The van der Waals surface area contributed by atoms with Crippen LogP contribution in [-0.4, -0.2) is 25.0 Å². The van der Waals surface area contributed by atoms with Gasteiger partial charge in [0.1, 0.15) is 5.75 Å². The number of amides is 2. The van der Waals surface area contributed by atoms with Crippen molar-refractivity contribution in [1.29, 1.82) is 0 Å². The van der Waals surface area contributed by atoms with Crippen molar-refractivity contribution in [3.63, 3.8) is 0 Å². The normalized spacial score (nSPS) is 12.9. The number of methoxy groups -OCH3 is 1. The maximum absolute atomic E-state index is 12.5. The number of thioether (sulfide) groups is 1. The van der Waals surface area contributed by atoms with Gasteiger partial charge in [0.15, 0.2) is 0 Å². The molecule has 0 heterocycles. The molecule has 2 amide bonds. The van der Waals surface area contributed by atoms with Crippen LogP contribution >= 0.6 is 11.8 Å². The predicted molar refractivity (Wildman–Crippen MR) is 137 cm³/mol. The van der Waals surface area contributed by atoms with E-state index in [1.165, 1.54) is 11.8 Å². The second-order valence-electron chi connectivity index (χ2n) is 8.03. The van der Waals surface area contributed by atoms with Gasteiger partial charge in [0.2, 0.25) is 5.91 Å². The van der Waals surface area contributed by atoms with Gasteiger partial charge in [0.25, 0.3) is 5.91 Å². The van der Waals surface area contributed by atoms with E-state index < -0.39 is 0 Å². The fourth-order valence-corrected chi connectivity index (χ4v) is 3.86. The molecule has 172 valence electrons. The number of rotatable bonds is 10. The number of carbonyl (C=O) groups is 2. The Morgan fingerprint density at radius 3 is 2.61 bits per heavy atom. The third kappa shape index (κ3) is 6.62. The molecule has 0 bridgehead atoms.